The second-order valence-corrected chi connectivity index (χ2v) is 7.61. The molecule has 1 aromatic carbocycles. The molecule has 0 amide bonds. The van der Waals surface area contributed by atoms with Crippen LogP contribution in [0.25, 0.3) is 0 Å². The van der Waals surface area contributed by atoms with E-state index in [1.165, 1.54) is 17.8 Å². The Bertz CT molecular complexity index is 981. The molecule has 1 saturated heterocycles. The summed E-state index contributed by atoms with van der Waals surface area (Å²) in [5.41, 5.74) is 2.42. The topological polar surface area (TPSA) is 59.0 Å². The number of benzene rings is 1. The predicted molar refractivity (Wildman–Crippen MR) is 105 cm³/mol. The van der Waals surface area contributed by atoms with Crippen LogP contribution in [0.5, 0.6) is 5.75 Å². The van der Waals surface area contributed by atoms with Gasteiger partial charge in [0.1, 0.15) is 5.75 Å². The minimum absolute atomic E-state index is 0.214. The minimum atomic E-state index is -4.37. The summed E-state index contributed by atoms with van der Waals surface area (Å²) < 4.78 is 45.7. The van der Waals surface area contributed by atoms with Crippen molar-refractivity contribution in [2.45, 2.75) is 31.5 Å². The molecule has 0 spiro atoms. The molecular formula is C21H24F3N5O. The summed E-state index contributed by atoms with van der Waals surface area (Å²) in [6.45, 7) is 3.10. The summed E-state index contributed by atoms with van der Waals surface area (Å²) in [6.07, 6.45) is -0.967. The average Bonchev–Trinajstić information content (AvgIpc) is 3.44. The van der Waals surface area contributed by atoms with Gasteiger partial charge in [0.25, 0.3) is 0 Å². The van der Waals surface area contributed by atoms with Crippen molar-refractivity contribution in [3.63, 3.8) is 0 Å². The number of ether oxygens (including phenoxy) is 1. The van der Waals surface area contributed by atoms with E-state index in [9.17, 15) is 13.2 Å². The maximum absolute atomic E-state index is 12.8. The van der Waals surface area contributed by atoms with Crippen molar-refractivity contribution < 1.29 is 17.9 Å². The minimum Gasteiger partial charge on any atom is -0.493 e. The molecule has 1 atom stereocenters. The predicted octanol–water partition coefficient (Wildman–Crippen LogP) is 3.77. The number of likely N-dealkylation sites (tertiary alicyclic amines) is 1. The number of nitrogens with zero attached hydrogens (tertiary/aromatic N) is 4. The molecule has 30 heavy (non-hydrogen) atoms. The molecule has 1 aliphatic heterocycles. The molecule has 1 N–H and O–H groups in total. The summed E-state index contributed by atoms with van der Waals surface area (Å²) in [6, 6.07) is 9.01. The summed E-state index contributed by atoms with van der Waals surface area (Å²) >= 11 is 0. The van der Waals surface area contributed by atoms with Crippen molar-refractivity contribution in [1.82, 2.24) is 24.9 Å². The number of rotatable bonds is 7. The van der Waals surface area contributed by atoms with Crippen LogP contribution < -0.4 is 4.74 Å². The van der Waals surface area contributed by atoms with Gasteiger partial charge in [-0.1, -0.05) is 6.07 Å². The van der Waals surface area contributed by atoms with E-state index in [-0.39, 0.29) is 12.4 Å². The number of hydrogen-bond acceptors (Lipinski definition) is 4. The van der Waals surface area contributed by atoms with Crippen molar-refractivity contribution >= 4 is 0 Å². The molecule has 2 aromatic heterocycles. The van der Waals surface area contributed by atoms with Gasteiger partial charge in [-0.05, 0) is 43.3 Å². The fourth-order valence-corrected chi connectivity index (χ4v) is 3.76. The summed E-state index contributed by atoms with van der Waals surface area (Å²) in [7, 11) is 1.95. The molecule has 3 heterocycles. The van der Waals surface area contributed by atoms with Gasteiger partial charge in [0, 0.05) is 44.4 Å². The van der Waals surface area contributed by atoms with E-state index in [1.54, 1.807) is 0 Å². The molecule has 1 aliphatic rings. The first-order chi connectivity index (χ1) is 14.4. The first kappa shape index (κ1) is 20.5. The van der Waals surface area contributed by atoms with Crippen LogP contribution in [0.2, 0.25) is 0 Å². The van der Waals surface area contributed by atoms with Crippen LogP contribution >= 0.6 is 0 Å². The van der Waals surface area contributed by atoms with Crippen LogP contribution in [-0.2, 0) is 26.2 Å². The Hall–Kier alpha value is -2.81. The van der Waals surface area contributed by atoms with Gasteiger partial charge in [-0.15, -0.1) is 0 Å². The third-order valence-electron chi connectivity index (χ3n) is 5.45. The molecule has 0 radical (unpaired) electrons. The molecule has 0 aliphatic carbocycles. The van der Waals surface area contributed by atoms with Gasteiger partial charge in [0.05, 0.1) is 23.6 Å². The smallest absolute Gasteiger partial charge is 0.416 e. The molecule has 0 unspecified atom stereocenters. The highest BCUT2D eigenvalue weighted by atomic mass is 19.4. The van der Waals surface area contributed by atoms with Gasteiger partial charge in [-0.2, -0.15) is 23.4 Å². The van der Waals surface area contributed by atoms with Crippen molar-refractivity contribution in [3.8, 4) is 5.75 Å². The van der Waals surface area contributed by atoms with E-state index in [0.29, 0.717) is 12.3 Å². The lowest BCUT2D eigenvalue weighted by molar-refractivity contribution is -0.137. The van der Waals surface area contributed by atoms with Gasteiger partial charge in [0.2, 0.25) is 0 Å². The Balaban J connectivity index is 1.27. The zero-order valence-electron chi connectivity index (χ0n) is 16.7. The number of nitrogens with one attached hydrogen (secondary N) is 1. The standard InChI is InChI=1S/C21H24F3N5O/c1-28-18(5-8-25-28)14-29-9-6-15(13-29)20-12-17(26-27-20)7-10-30-19-4-2-3-16(11-19)21(22,23)24/h2-5,8,11-12,15H,6-7,9-10,13-14H2,1H3,(H,26,27)/t15-/m1/s1. The monoisotopic (exact) mass is 419 g/mol. The molecule has 6 nitrogen and oxygen atoms in total. The molecule has 3 aromatic rings. The fourth-order valence-electron chi connectivity index (χ4n) is 3.76. The number of aryl methyl sites for hydroxylation is 1. The molecule has 9 heteroatoms. The second kappa shape index (κ2) is 8.51. The highest BCUT2D eigenvalue weighted by molar-refractivity contribution is 5.30. The highest BCUT2D eigenvalue weighted by Gasteiger charge is 2.30. The van der Waals surface area contributed by atoms with Crippen LogP contribution in [0.3, 0.4) is 0 Å². The van der Waals surface area contributed by atoms with E-state index in [0.717, 1.165) is 49.6 Å². The Morgan fingerprint density at radius 3 is 2.87 bits per heavy atom. The third-order valence-corrected chi connectivity index (χ3v) is 5.45. The highest BCUT2D eigenvalue weighted by Crippen LogP contribution is 2.31. The zero-order chi connectivity index (χ0) is 21.1. The lowest BCUT2D eigenvalue weighted by Crippen LogP contribution is -2.21. The lowest BCUT2D eigenvalue weighted by Gasteiger charge is -2.15. The third kappa shape index (κ3) is 4.84. The number of hydrogen-bond donors (Lipinski definition) is 1. The number of H-pyrrole nitrogens is 1. The number of aromatic nitrogens is 4. The number of alkyl halides is 3. The Kier molecular flexibility index (Phi) is 5.80. The van der Waals surface area contributed by atoms with Crippen molar-refractivity contribution in [2.75, 3.05) is 19.7 Å². The Morgan fingerprint density at radius 2 is 2.10 bits per heavy atom. The quantitative estimate of drug-likeness (QED) is 0.633. The first-order valence-corrected chi connectivity index (χ1v) is 9.92. The van der Waals surface area contributed by atoms with Crippen LogP contribution in [0, 0.1) is 0 Å². The van der Waals surface area contributed by atoms with Crippen molar-refractivity contribution in [1.29, 1.82) is 0 Å². The molecule has 0 bridgehead atoms. The van der Waals surface area contributed by atoms with Crippen molar-refractivity contribution in [2.24, 2.45) is 7.05 Å². The Labute approximate surface area is 172 Å². The van der Waals surface area contributed by atoms with E-state index in [1.807, 2.05) is 30.1 Å². The molecule has 1 fully saturated rings. The number of halogens is 3. The van der Waals surface area contributed by atoms with Crippen molar-refractivity contribution in [3.05, 3.63) is 65.2 Å². The van der Waals surface area contributed by atoms with Gasteiger partial charge < -0.3 is 4.74 Å². The van der Waals surface area contributed by atoms with Crippen LogP contribution in [0.15, 0.2) is 42.6 Å². The maximum atomic E-state index is 12.8. The molecule has 0 saturated carbocycles. The van der Waals surface area contributed by atoms with E-state index < -0.39 is 11.7 Å². The molecule has 160 valence electrons. The summed E-state index contributed by atoms with van der Waals surface area (Å²) in [5, 5.41) is 11.7. The van der Waals surface area contributed by atoms with Crippen LogP contribution in [0.4, 0.5) is 13.2 Å². The first-order valence-electron chi connectivity index (χ1n) is 9.92. The number of aromatic amines is 1. The Morgan fingerprint density at radius 1 is 1.23 bits per heavy atom. The van der Waals surface area contributed by atoms with Gasteiger partial charge in [-0.25, -0.2) is 0 Å². The van der Waals surface area contributed by atoms with E-state index in [4.69, 9.17) is 4.74 Å². The SMILES string of the molecule is Cn1nccc1CN1CC[C@@H](c2cc(CCOc3cccc(C(F)(F)F)c3)[nH]n2)C1. The molecular weight excluding hydrogens is 395 g/mol. The van der Waals surface area contributed by atoms with Crippen LogP contribution in [-0.4, -0.2) is 44.6 Å². The summed E-state index contributed by atoms with van der Waals surface area (Å²) in [4.78, 5) is 2.40. The van der Waals surface area contributed by atoms with Gasteiger partial charge in [-0.3, -0.25) is 14.7 Å². The molecule has 4 rings (SSSR count). The fraction of sp³-hybridized carbons (Fsp3) is 0.429. The normalized spacial score (nSPS) is 17.5. The van der Waals surface area contributed by atoms with Crippen LogP contribution in [0.1, 0.15) is 35.0 Å². The van der Waals surface area contributed by atoms with Gasteiger partial charge >= 0.3 is 6.18 Å². The zero-order valence-corrected chi connectivity index (χ0v) is 16.7. The van der Waals surface area contributed by atoms with E-state index in [2.05, 4.69) is 20.2 Å². The van der Waals surface area contributed by atoms with E-state index >= 15 is 0 Å². The summed E-state index contributed by atoms with van der Waals surface area (Å²) in [5.74, 6) is 0.582. The average molecular weight is 419 g/mol. The lowest BCUT2D eigenvalue weighted by atomic mass is 10.0. The largest absolute Gasteiger partial charge is 0.493 e. The maximum Gasteiger partial charge on any atom is 0.416 e. The van der Waals surface area contributed by atoms with Gasteiger partial charge in [0.15, 0.2) is 0 Å². The second-order valence-electron chi connectivity index (χ2n) is 7.61.